The van der Waals surface area contributed by atoms with Crippen LogP contribution in [0.25, 0.3) is 11.4 Å². The van der Waals surface area contributed by atoms with Crippen molar-refractivity contribution in [2.75, 3.05) is 0 Å². The van der Waals surface area contributed by atoms with Crippen molar-refractivity contribution in [1.29, 1.82) is 0 Å². The van der Waals surface area contributed by atoms with Gasteiger partial charge in [0, 0.05) is 10.6 Å². The molecule has 2 N–H and O–H groups in total. The monoisotopic (exact) mass is 257 g/mol. The summed E-state index contributed by atoms with van der Waals surface area (Å²) in [6.07, 6.45) is 0. The van der Waals surface area contributed by atoms with Crippen LogP contribution in [0.4, 0.5) is 0 Å². The van der Waals surface area contributed by atoms with E-state index < -0.39 is 0 Å². The van der Waals surface area contributed by atoms with Gasteiger partial charge in [0.2, 0.25) is 11.7 Å². The van der Waals surface area contributed by atoms with Crippen molar-refractivity contribution in [2.24, 2.45) is 5.73 Å². The smallest absolute Gasteiger partial charge is 0.243 e. The van der Waals surface area contributed by atoms with E-state index in [1.54, 1.807) is 25.1 Å². The van der Waals surface area contributed by atoms with Gasteiger partial charge < -0.3 is 10.3 Å². The third-order valence-electron chi connectivity index (χ3n) is 2.00. The molecule has 0 bridgehead atoms. The molecule has 1 atom stereocenters. The van der Waals surface area contributed by atoms with Crippen LogP contribution >= 0.6 is 23.2 Å². The summed E-state index contributed by atoms with van der Waals surface area (Å²) >= 11 is 11.9. The first kappa shape index (κ1) is 11.4. The quantitative estimate of drug-likeness (QED) is 0.898. The van der Waals surface area contributed by atoms with Gasteiger partial charge in [-0.25, -0.2) is 0 Å². The normalized spacial score (nSPS) is 12.8. The highest BCUT2D eigenvalue weighted by atomic mass is 35.5. The average Bonchev–Trinajstić information content (AvgIpc) is 2.70. The SMILES string of the molecule is C[C@H](N)c1nc(-c2cc(Cl)ccc2Cl)no1. The first-order valence-corrected chi connectivity index (χ1v) is 5.38. The molecule has 16 heavy (non-hydrogen) atoms. The van der Waals surface area contributed by atoms with Crippen LogP contribution in [0.2, 0.25) is 10.0 Å². The van der Waals surface area contributed by atoms with Crippen molar-refractivity contribution in [2.45, 2.75) is 13.0 Å². The second-order valence-electron chi connectivity index (χ2n) is 3.37. The summed E-state index contributed by atoms with van der Waals surface area (Å²) in [6, 6.07) is 4.75. The van der Waals surface area contributed by atoms with Gasteiger partial charge in [0.15, 0.2) is 0 Å². The van der Waals surface area contributed by atoms with Gasteiger partial charge >= 0.3 is 0 Å². The highest BCUT2D eigenvalue weighted by Gasteiger charge is 2.14. The summed E-state index contributed by atoms with van der Waals surface area (Å²) in [4.78, 5) is 4.14. The zero-order valence-electron chi connectivity index (χ0n) is 8.45. The molecule has 84 valence electrons. The lowest BCUT2D eigenvalue weighted by Crippen LogP contribution is -2.04. The number of rotatable bonds is 2. The molecule has 1 aromatic heterocycles. The van der Waals surface area contributed by atoms with Gasteiger partial charge in [-0.05, 0) is 25.1 Å². The number of nitrogens with zero attached hydrogens (tertiary/aromatic N) is 2. The molecule has 0 fully saturated rings. The lowest BCUT2D eigenvalue weighted by atomic mass is 10.2. The second kappa shape index (κ2) is 4.41. The van der Waals surface area contributed by atoms with Gasteiger partial charge in [0.05, 0.1) is 11.1 Å². The van der Waals surface area contributed by atoms with Crippen LogP contribution in [0, 0.1) is 0 Å². The van der Waals surface area contributed by atoms with Gasteiger partial charge in [0.1, 0.15) is 0 Å². The molecule has 1 aromatic carbocycles. The molecule has 0 unspecified atom stereocenters. The fourth-order valence-corrected chi connectivity index (χ4v) is 1.57. The van der Waals surface area contributed by atoms with Crippen LogP contribution < -0.4 is 5.73 Å². The number of nitrogens with two attached hydrogens (primary N) is 1. The lowest BCUT2D eigenvalue weighted by Gasteiger charge is -1.98. The Morgan fingerprint density at radius 1 is 1.38 bits per heavy atom. The molecule has 6 heteroatoms. The maximum atomic E-state index is 6.01. The van der Waals surface area contributed by atoms with Gasteiger partial charge in [-0.1, -0.05) is 28.4 Å². The molecule has 0 aliphatic rings. The second-order valence-corrected chi connectivity index (χ2v) is 4.21. The number of benzene rings is 1. The largest absolute Gasteiger partial charge is 0.337 e. The first-order valence-electron chi connectivity index (χ1n) is 4.62. The number of hydrogen-bond donors (Lipinski definition) is 1. The van der Waals surface area contributed by atoms with E-state index in [1.807, 2.05) is 0 Å². The molecule has 2 aromatic rings. The van der Waals surface area contributed by atoms with Crippen molar-refractivity contribution < 1.29 is 4.52 Å². The Morgan fingerprint density at radius 3 is 2.75 bits per heavy atom. The topological polar surface area (TPSA) is 64.9 Å². The maximum Gasteiger partial charge on any atom is 0.243 e. The van der Waals surface area contributed by atoms with Crippen molar-refractivity contribution in [1.82, 2.24) is 10.1 Å². The number of aromatic nitrogens is 2. The summed E-state index contributed by atoms with van der Waals surface area (Å²) < 4.78 is 4.99. The maximum absolute atomic E-state index is 6.01. The molecular weight excluding hydrogens is 249 g/mol. The Morgan fingerprint density at radius 2 is 2.12 bits per heavy atom. The lowest BCUT2D eigenvalue weighted by molar-refractivity contribution is 0.362. The van der Waals surface area contributed by atoms with Crippen molar-refractivity contribution in [3.05, 3.63) is 34.1 Å². The molecule has 0 aliphatic carbocycles. The van der Waals surface area contributed by atoms with Crippen LogP contribution in [0.15, 0.2) is 22.7 Å². The van der Waals surface area contributed by atoms with E-state index in [9.17, 15) is 0 Å². The molecule has 0 saturated heterocycles. The van der Waals surface area contributed by atoms with Gasteiger partial charge in [0.25, 0.3) is 0 Å². The van der Waals surface area contributed by atoms with E-state index in [0.717, 1.165) is 0 Å². The Hall–Kier alpha value is -1.10. The minimum atomic E-state index is -0.306. The van der Waals surface area contributed by atoms with E-state index in [2.05, 4.69) is 10.1 Å². The molecular formula is C10H9Cl2N3O. The predicted molar refractivity (Wildman–Crippen MR) is 62.4 cm³/mol. The molecule has 2 rings (SSSR count). The van der Waals surface area contributed by atoms with Gasteiger partial charge in [-0.15, -0.1) is 0 Å². The standard InChI is InChI=1S/C10H9Cl2N3O/c1-5(13)10-14-9(15-16-10)7-4-6(11)2-3-8(7)12/h2-5H,13H2,1H3/t5-/m0/s1. The molecule has 0 saturated carbocycles. The van der Waals surface area contributed by atoms with E-state index in [0.29, 0.717) is 27.3 Å². The fraction of sp³-hybridized carbons (Fsp3) is 0.200. The third kappa shape index (κ3) is 2.19. The molecule has 0 amide bonds. The predicted octanol–water partition coefficient (Wildman–Crippen LogP) is 3.06. The van der Waals surface area contributed by atoms with Gasteiger partial charge in [-0.2, -0.15) is 4.98 Å². The highest BCUT2D eigenvalue weighted by molar-refractivity contribution is 6.35. The fourth-order valence-electron chi connectivity index (χ4n) is 1.20. The van der Waals surface area contributed by atoms with Crippen molar-refractivity contribution >= 4 is 23.2 Å². The first-order chi connectivity index (χ1) is 7.58. The molecule has 1 heterocycles. The zero-order valence-corrected chi connectivity index (χ0v) is 9.96. The highest BCUT2D eigenvalue weighted by Crippen LogP contribution is 2.28. The third-order valence-corrected chi connectivity index (χ3v) is 2.57. The summed E-state index contributed by atoms with van der Waals surface area (Å²) in [7, 11) is 0. The number of halogens is 2. The summed E-state index contributed by atoms with van der Waals surface area (Å²) in [5.74, 6) is 0.755. The van der Waals surface area contributed by atoms with Crippen LogP contribution in [0.1, 0.15) is 18.9 Å². The Kier molecular flexibility index (Phi) is 3.14. The number of hydrogen-bond acceptors (Lipinski definition) is 4. The minimum absolute atomic E-state index is 0.306. The van der Waals surface area contributed by atoms with Crippen LogP contribution in [0.3, 0.4) is 0 Å². The Balaban J connectivity index is 2.46. The van der Waals surface area contributed by atoms with Crippen LogP contribution in [-0.2, 0) is 0 Å². The van der Waals surface area contributed by atoms with E-state index >= 15 is 0 Å². The molecule has 4 nitrogen and oxygen atoms in total. The van der Waals surface area contributed by atoms with E-state index in [1.165, 1.54) is 0 Å². The summed E-state index contributed by atoms with van der Waals surface area (Å²) in [5.41, 5.74) is 6.25. The Bertz CT molecular complexity index is 511. The van der Waals surface area contributed by atoms with E-state index in [-0.39, 0.29) is 6.04 Å². The summed E-state index contributed by atoms with van der Waals surface area (Å²) in [6.45, 7) is 1.76. The zero-order chi connectivity index (χ0) is 11.7. The Labute approximate surface area is 102 Å². The van der Waals surface area contributed by atoms with Crippen LogP contribution in [0.5, 0.6) is 0 Å². The van der Waals surface area contributed by atoms with Gasteiger partial charge in [-0.3, -0.25) is 0 Å². The minimum Gasteiger partial charge on any atom is -0.337 e. The summed E-state index contributed by atoms with van der Waals surface area (Å²) in [5, 5.41) is 4.88. The van der Waals surface area contributed by atoms with Crippen molar-refractivity contribution in [3.8, 4) is 11.4 Å². The van der Waals surface area contributed by atoms with Crippen molar-refractivity contribution in [3.63, 3.8) is 0 Å². The van der Waals surface area contributed by atoms with Crippen LogP contribution in [-0.4, -0.2) is 10.1 Å². The average molecular weight is 258 g/mol. The molecule has 0 spiro atoms. The molecule has 0 aliphatic heterocycles. The van der Waals surface area contributed by atoms with E-state index in [4.69, 9.17) is 33.5 Å². The molecule has 0 radical (unpaired) electrons.